The topological polar surface area (TPSA) is 98.0 Å². The molecule has 0 saturated heterocycles. The molecule has 0 radical (unpaired) electrons. The van der Waals surface area contributed by atoms with E-state index < -0.39 is 5.97 Å². The second-order valence-electron chi connectivity index (χ2n) is 10.9. The summed E-state index contributed by atoms with van der Waals surface area (Å²) in [5, 5.41) is 42.3. The normalized spacial score (nSPS) is 52.9. The van der Waals surface area contributed by atoms with Crippen molar-refractivity contribution in [1.29, 1.82) is 0 Å². The monoisotopic (exact) mass is 474 g/mol. The van der Waals surface area contributed by atoms with Crippen LogP contribution in [0.4, 0.5) is 0 Å². The summed E-state index contributed by atoms with van der Waals surface area (Å²) in [7, 11) is 0. The minimum absolute atomic E-state index is 0.0345. The van der Waals surface area contributed by atoms with E-state index in [1.54, 1.807) is 0 Å². The fourth-order valence-electron chi connectivity index (χ4n) is 8.29. The van der Waals surface area contributed by atoms with Gasteiger partial charge in [0.2, 0.25) is 0 Å². The quantitative estimate of drug-likeness (QED) is 0.471. The Bertz CT molecular complexity index is 643. The maximum atomic E-state index is 11.5. The van der Waals surface area contributed by atoms with Crippen LogP contribution in [0.25, 0.3) is 0 Å². The molecule has 4 rings (SSSR count). The van der Waals surface area contributed by atoms with Crippen molar-refractivity contribution in [3.8, 4) is 0 Å². The first-order valence-corrected chi connectivity index (χ1v) is 13.7. The molecule has 4 saturated carbocycles. The predicted molar refractivity (Wildman–Crippen MR) is 112 cm³/mol. The molecule has 4 aliphatic carbocycles. The summed E-state index contributed by atoms with van der Waals surface area (Å²) >= 11 is 0.0345. The first-order valence-electron chi connectivity index (χ1n) is 11.5. The molecule has 0 aromatic carbocycles. The number of fused-ring (bicyclic) bond motifs is 5. The second-order valence-corrected chi connectivity index (χ2v) is 13.8. The predicted octanol–water partition coefficient (Wildman–Crippen LogP) is 2.96. The standard InChI is InChI=1S/C23H38O5Se/c1-12(29-11-20(27)28)15-4-5-16-21-17(10-19(26)23(15,16)3)22(2)7-6-14(24)8-13(22)9-18(21)25/h12-19,21,24-26H,4-11H2,1-3H3,(H,27,28)/t12?,13-,14+,15+,16-,17-,18+,19-,21-,22-,23+/m0/s1. The van der Waals surface area contributed by atoms with Gasteiger partial charge in [-0.1, -0.05) is 0 Å². The van der Waals surface area contributed by atoms with Gasteiger partial charge in [-0.15, -0.1) is 0 Å². The Labute approximate surface area is 180 Å². The van der Waals surface area contributed by atoms with Crippen molar-refractivity contribution in [2.24, 2.45) is 40.4 Å². The molecule has 4 N–H and O–H groups in total. The van der Waals surface area contributed by atoms with Gasteiger partial charge < -0.3 is 0 Å². The Kier molecular flexibility index (Phi) is 5.92. The van der Waals surface area contributed by atoms with Crippen LogP contribution in [-0.4, -0.2) is 59.7 Å². The molecule has 29 heavy (non-hydrogen) atoms. The van der Waals surface area contributed by atoms with Gasteiger partial charge in [0, 0.05) is 0 Å². The Morgan fingerprint density at radius 3 is 2.48 bits per heavy atom. The van der Waals surface area contributed by atoms with Crippen LogP contribution in [0.1, 0.15) is 65.7 Å². The van der Waals surface area contributed by atoms with Gasteiger partial charge in [-0.2, -0.15) is 0 Å². The maximum absolute atomic E-state index is 11.5. The molecular weight excluding hydrogens is 435 g/mol. The first kappa shape index (κ1) is 22.1. The molecule has 0 heterocycles. The van der Waals surface area contributed by atoms with E-state index in [9.17, 15) is 20.1 Å². The van der Waals surface area contributed by atoms with Crippen molar-refractivity contribution in [2.75, 3.05) is 0 Å². The van der Waals surface area contributed by atoms with Crippen molar-refractivity contribution in [2.45, 2.75) is 94.2 Å². The van der Waals surface area contributed by atoms with Gasteiger partial charge in [0.25, 0.3) is 0 Å². The molecule has 0 aromatic rings. The van der Waals surface area contributed by atoms with Gasteiger partial charge in [0.15, 0.2) is 0 Å². The van der Waals surface area contributed by atoms with E-state index in [0.29, 0.717) is 28.5 Å². The summed E-state index contributed by atoms with van der Waals surface area (Å²) in [5.41, 5.74) is -0.123. The third kappa shape index (κ3) is 3.42. The van der Waals surface area contributed by atoms with E-state index in [0.717, 1.165) is 44.9 Å². The fraction of sp³-hybridized carbons (Fsp3) is 0.957. The second kappa shape index (κ2) is 7.78. The Hall–Kier alpha value is -0.131. The average Bonchev–Trinajstić information content (AvgIpc) is 3.01. The number of aliphatic hydroxyl groups excluding tert-OH is 3. The van der Waals surface area contributed by atoms with Crippen molar-refractivity contribution in [3.05, 3.63) is 0 Å². The molecular formula is C23H38O5Se. The zero-order chi connectivity index (χ0) is 21.1. The van der Waals surface area contributed by atoms with Gasteiger partial charge in [-0.3, -0.25) is 0 Å². The van der Waals surface area contributed by atoms with Gasteiger partial charge in [-0.05, 0) is 0 Å². The zero-order valence-electron chi connectivity index (χ0n) is 18.0. The molecule has 1 unspecified atom stereocenters. The Morgan fingerprint density at radius 1 is 1.07 bits per heavy atom. The van der Waals surface area contributed by atoms with Crippen molar-refractivity contribution < 1.29 is 25.2 Å². The summed E-state index contributed by atoms with van der Waals surface area (Å²) in [5.74, 6) is 0.813. The van der Waals surface area contributed by atoms with Crippen LogP contribution in [0.3, 0.4) is 0 Å². The van der Waals surface area contributed by atoms with E-state index in [-0.39, 0.29) is 55.3 Å². The number of rotatable bonds is 4. The van der Waals surface area contributed by atoms with E-state index in [1.807, 2.05) is 0 Å². The van der Waals surface area contributed by atoms with Gasteiger partial charge in [0.05, 0.1) is 0 Å². The molecule has 5 nitrogen and oxygen atoms in total. The van der Waals surface area contributed by atoms with Crippen molar-refractivity contribution in [3.63, 3.8) is 0 Å². The minimum atomic E-state index is -0.720. The SMILES string of the molecule is CC([Se]CC(=O)O)[C@H]1CC[C@H]2[C@@H]3[C@H](O)C[C@@H]4C[C@H](O)CC[C@]4(C)[C@H]3C[C@H](O)[C@]12C. The number of carboxylic acid groups (broad SMARTS) is 1. The van der Waals surface area contributed by atoms with E-state index >= 15 is 0 Å². The van der Waals surface area contributed by atoms with E-state index in [1.165, 1.54) is 0 Å². The Balaban J connectivity index is 1.61. The van der Waals surface area contributed by atoms with Crippen LogP contribution in [0, 0.1) is 40.4 Å². The third-order valence-corrected chi connectivity index (χ3v) is 12.5. The number of hydrogen-bond donors (Lipinski definition) is 4. The van der Waals surface area contributed by atoms with E-state index in [4.69, 9.17) is 5.11 Å². The van der Waals surface area contributed by atoms with Gasteiger partial charge in [0.1, 0.15) is 0 Å². The molecule has 6 heteroatoms. The van der Waals surface area contributed by atoms with Crippen molar-refractivity contribution in [1.82, 2.24) is 0 Å². The average molecular weight is 474 g/mol. The van der Waals surface area contributed by atoms with Crippen LogP contribution in [0.5, 0.6) is 0 Å². The van der Waals surface area contributed by atoms with Gasteiger partial charge in [-0.25, -0.2) is 0 Å². The summed E-state index contributed by atoms with van der Waals surface area (Å²) in [6.07, 6.45) is 5.22. The molecule has 0 amide bonds. The molecule has 166 valence electrons. The number of aliphatic carboxylic acids is 1. The van der Waals surface area contributed by atoms with E-state index in [2.05, 4.69) is 20.8 Å². The van der Waals surface area contributed by atoms with Crippen LogP contribution in [0.15, 0.2) is 0 Å². The van der Waals surface area contributed by atoms with Crippen LogP contribution >= 0.6 is 0 Å². The number of carbonyl (C=O) groups is 1. The summed E-state index contributed by atoms with van der Waals surface area (Å²) in [6.45, 7) is 6.76. The van der Waals surface area contributed by atoms with Gasteiger partial charge >= 0.3 is 181 Å². The molecule has 11 atom stereocenters. The van der Waals surface area contributed by atoms with Crippen LogP contribution in [0.2, 0.25) is 10.1 Å². The fourth-order valence-corrected chi connectivity index (χ4v) is 10.5. The molecule has 0 spiro atoms. The molecule has 0 bridgehead atoms. The first-order chi connectivity index (χ1) is 13.6. The zero-order valence-corrected chi connectivity index (χ0v) is 19.7. The third-order valence-electron chi connectivity index (χ3n) is 9.87. The molecule has 0 aliphatic heterocycles. The number of carboxylic acids is 1. The summed E-state index contributed by atoms with van der Waals surface area (Å²) in [6, 6.07) is 0. The summed E-state index contributed by atoms with van der Waals surface area (Å²) in [4.78, 5) is 11.4. The summed E-state index contributed by atoms with van der Waals surface area (Å²) < 4.78 is 0. The molecule has 4 fully saturated rings. The van der Waals surface area contributed by atoms with Crippen LogP contribution < -0.4 is 0 Å². The van der Waals surface area contributed by atoms with Crippen molar-refractivity contribution >= 4 is 20.9 Å². The Morgan fingerprint density at radius 2 is 1.79 bits per heavy atom. The number of aliphatic hydroxyl groups is 3. The molecule has 4 aliphatic rings. The number of hydrogen-bond acceptors (Lipinski definition) is 4. The molecule has 0 aromatic heterocycles. The van der Waals surface area contributed by atoms with Crippen LogP contribution in [-0.2, 0) is 4.79 Å².